The van der Waals surface area contributed by atoms with Crippen molar-refractivity contribution in [2.75, 3.05) is 24.7 Å². The second-order valence-corrected chi connectivity index (χ2v) is 6.87. The molecule has 0 spiro atoms. The second kappa shape index (κ2) is 6.66. The van der Waals surface area contributed by atoms with Gasteiger partial charge in [0.1, 0.15) is 5.82 Å². The Kier molecular flexibility index (Phi) is 5.16. The van der Waals surface area contributed by atoms with Crippen molar-refractivity contribution < 1.29 is 4.74 Å². The lowest BCUT2D eigenvalue weighted by molar-refractivity contribution is 0.0877. The summed E-state index contributed by atoms with van der Waals surface area (Å²) in [5.41, 5.74) is 0. The minimum atomic E-state index is 0.452. The second-order valence-electron chi connectivity index (χ2n) is 6.14. The van der Waals surface area contributed by atoms with E-state index in [9.17, 15) is 0 Å². The molecule has 1 atom stereocenters. The molecule has 2 rings (SSSR count). The maximum absolute atomic E-state index is 5.62. The van der Waals surface area contributed by atoms with Crippen LogP contribution in [0.25, 0.3) is 0 Å². The molecule has 1 aliphatic heterocycles. The normalized spacial score (nSPS) is 20.5. The van der Waals surface area contributed by atoms with Crippen LogP contribution in [0.1, 0.15) is 39.9 Å². The van der Waals surface area contributed by atoms with Crippen molar-refractivity contribution in [1.82, 2.24) is 9.36 Å². The third-order valence-electron chi connectivity index (χ3n) is 3.26. The molecule has 1 fully saturated rings. The first kappa shape index (κ1) is 14.7. The van der Waals surface area contributed by atoms with E-state index in [0.29, 0.717) is 17.9 Å². The molecule has 0 aromatic carbocycles. The zero-order valence-electron chi connectivity index (χ0n) is 12.4. The number of hydrogen-bond donors (Lipinski definition) is 0. The van der Waals surface area contributed by atoms with Gasteiger partial charge in [-0.25, -0.2) is 4.98 Å². The van der Waals surface area contributed by atoms with Gasteiger partial charge in [-0.2, -0.15) is 4.37 Å². The lowest BCUT2D eigenvalue weighted by Gasteiger charge is -2.36. The first-order valence-corrected chi connectivity index (χ1v) is 8.00. The third kappa shape index (κ3) is 4.14. The van der Waals surface area contributed by atoms with E-state index in [1.54, 1.807) is 0 Å². The van der Waals surface area contributed by atoms with E-state index in [1.165, 1.54) is 11.5 Å². The molecule has 4 nitrogen and oxygen atoms in total. The zero-order valence-corrected chi connectivity index (χ0v) is 13.2. The summed E-state index contributed by atoms with van der Waals surface area (Å²) >= 11 is 1.54. The van der Waals surface area contributed by atoms with Crippen LogP contribution >= 0.6 is 11.5 Å². The number of hydrogen-bond acceptors (Lipinski definition) is 5. The van der Waals surface area contributed by atoms with E-state index in [-0.39, 0.29) is 0 Å². The Morgan fingerprint density at radius 2 is 2.11 bits per heavy atom. The number of anilines is 1. The molecule has 108 valence electrons. The van der Waals surface area contributed by atoms with E-state index < -0.39 is 0 Å². The number of rotatable bonds is 5. The molecule has 0 saturated carbocycles. The van der Waals surface area contributed by atoms with Crippen LogP contribution in [0.15, 0.2) is 0 Å². The van der Waals surface area contributed by atoms with Gasteiger partial charge in [0.25, 0.3) is 0 Å². The fraction of sp³-hybridized carbons (Fsp3) is 0.857. The molecule has 0 bridgehead atoms. The van der Waals surface area contributed by atoms with Gasteiger partial charge in [0.15, 0.2) is 0 Å². The Morgan fingerprint density at radius 3 is 2.79 bits per heavy atom. The Labute approximate surface area is 120 Å². The van der Waals surface area contributed by atoms with Crippen LogP contribution in [0.2, 0.25) is 0 Å². The van der Waals surface area contributed by atoms with Gasteiger partial charge < -0.3 is 9.64 Å². The predicted molar refractivity (Wildman–Crippen MR) is 79.9 cm³/mol. The molecule has 0 N–H and O–H groups in total. The molecule has 1 aromatic rings. The maximum atomic E-state index is 5.62. The standard InChI is InChI=1S/C14H25N3OS/c1-10(2)7-12-9-18-6-5-17(12)14-15-13(16-19-14)8-11(3)4/h10-12H,5-9H2,1-4H3. The largest absolute Gasteiger partial charge is 0.377 e. The molecule has 19 heavy (non-hydrogen) atoms. The monoisotopic (exact) mass is 283 g/mol. The van der Waals surface area contributed by atoms with E-state index in [4.69, 9.17) is 9.72 Å². The molecule has 1 aliphatic rings. The molecular formula is C14H25N3OS. The molecule has 1 unspecified atom stereocenters. The minimum Gasteiger partial charge on any atom is -0.377 e. The smallest absolute Gasteiger partial charge is 0.205 e. The maximum Gasteiger partial charge on any atom is 0.205 e. The van der Waals surface area contributed by atoms with Crippen LogP contribution in [0.4, 0.5) is 5.13 Å². The van der Waals surface area contributed by atoms with Crippen LogP contribution in [0, 0.1) is 11.8 Å². The number of aromatic nitrogens is 2. The van der Waals surface area contributed by atoms with Gasteiger partial charge in [-0.15, -0.1) is 0 Å². The van der Waals surface area contributed by atoms with E-state index in [1.807, 2.05) is 0 Å². The first-order valence-electron chi connectivity index (χ1n) is 7.23. The van der Waals surface area contributed by atoms with Gasteiger partial charge in [0, 0.05) is 24.5 Å². The summed E-state index contributed by atoms with van der Waals surface area (Å²) in [7, 11) is 0. The highest BCUT2D eigenvalue weighted by Crippen LogP contribution is 2.25. The summed E-state index contributed by atoms with van der Waals surface area (Å²) in [6.07, 6.45) is 2.12. The molecule has 1 aromatic heterocycles. The van der Waals surface area contributed by atoms with Gasteiger partial charge in [0.2, 0.25) is 5.13 Å². The van der Waals surface area contributed by atoms with Gasteiger partial charge in [0.05, 0.1) is 19.3 Å². The van der Waals surface area contributed by atoms with E-state index in [0.717, 1.165) is 43.6 Å². The molecule has 2 heterocycles. The average Bonchev–Trinajstić information content (AvgIpc) is 2.76. The van der Waals surface area contributed by atoms with Crippen molar-refractivity contribution in [2.45, 2.75) is 46.6 Å². The lowest BCUT2D eigenvalue weighted by Crippen LogP contribution is -2.46. The minimum absolute atomic E-state index is 0.452. The number of ether oxygens (including phenoxy) is 1. The van der Waals surface area contributed by atoms with Crippen molar-refractivity contribution in [3.05, 3.63) is 5.82 Å². The summed E-state index contributed by atoms with van der Waals surface area (Å²) < 4.78 is 10.1. The van der Waals surface area contributed by atoms with Crippen LogP contribution < -0.4 is 4.90 Å². The molecule has 5 heteroatoms. The summed E-state index contributed by atoms with van der Waals surface area (Å²) in [6.45, 7) is 11.5. The molecular weight excluding hydrogens is 258 g/mol. The topological polar surface area (TPSA) is 38.2 Å². The highest BCUT2D eigenvalue weighted by molar-refractivity contribution is 7.09. The third-order valence-corrected chi connectivity index (χ3v) is 4.06. The molecule has 0 amide bonds. The fourth-order valence-electron chi connectivity index (χ4n) is 2.46. The molecule has 0 radical (unpaired) electrons. The Hall–Kier alpha value is -0.680. The quantitative estimate of drug-likeness (QED) is 0.832. The van der Waals surface area contributed by atoms with Crippen molar-refractivity contribution >= 4 is 16.7 Å². The fourth-order valence-corrected chi connectivity index (χ4v) is 3.25. The highest BCUT2D eigenvalue weighted by atomic mass is 32.1. The van der Waals surface area contributed by atoms with Crippen LogP contribution in [-0.2, 0) is 11.2 Å². The Bertz CT molecular complexity index is 392. The molecule has 1 saturated heterocycles. The Balaban J connectivity index is 2.06. The van der Waals surface area contributed by atoms with Crippen molar-refractivity contribution in [3.8, 4) is 0 Å². The van der Waals surface area contributed by atoms with Gasteiger partial charge in [-0.1, -0.05) is 27.7 Å². The van der Waals surface area contributed by atoms with Gasteiger partial charge in [-0.05, 0) is 18.3 Å². The first-order chi connectivity index (χ1) is 9.06. The SMILES string of the molecule is CC(C)Cc1nsc(N2CCOCC2CC(C)C)n1. The van der Waals surface area contributed by atoms with Gasteiger partial charge in [-0.3, -0.25) is 0 Å². The predicted octanol–water partition coefficient (Wildman–Crippen LogP) is 2.99. The summed E-state index contributed by atoms with van der Waals surface area (Å²) in [4.78, 5) is 7.10. The van der Waals surface area contributed by atoms with Crippen LogP contribution in [0.5, 0.6) is 0 Å². The van der Waals surface area contributed by atoms with E-state index >= 15 is 0 Å². The number of nitrogens with zero attached hydrogens (tertiary/aromatic N) is 3. The zero-order chi connectivity index (χ0) is 13.8. The summed E-state index contributed by atoms with van der Waals surface area (Å²) in [5.74, 6) is 2.28. The van der Waals surface area contributed by atoms with Crippen molar-refractivity contribution in [1.29, 1.82) is 0 Å². The lowest BCUT2D eigenvalue weighted by atomic mass is 10.0. The van der Waals surface area contributed by atoms with Crippen molar-refractivity contribution in [2.24, 2.45) is 11.8 Å². The van der Waals surface area contributed by atoms with Crippen molar-refractivity contribution in [3.63, 3.8) is 0 Å². The summed E-state index contributed by atoms with van der Waals surface area (Å²) in [5, 5.41) is 1.07. The summed E-state index contributed by atoms with van der Waals surface area (Å²) in [6, 6.07) is 0.452. The average molecular weight is 283 g/mol. The van der Waals surface area contributed by atoms with Gasteiger partial charge >= 0.3 is 0 Å². The Morgan fingerprint density at radius 1 is 1.32 bits per heavy atom. The van der Waals surface area contributed by atoms with E-state index in [2.05, 4.69) is 37.0 Å². The highest BCUT2D eigenvalue weighted by Gasteiger charge is 2.26. The molecule has 0 aliphatic carbocycles. The van der Waals surface area contributed by atoms with Crippen LogP contribution in [0.3, 0.4) is 0 Å². The number of morpholine rings is 1. The van der Waals surface area contributed by atoms with Crippen LogP contribution in [-0.4, -0.2) is 35.2 Å².